The van der Waals surface area contributed by atoms with E-state index in [1.165, 1.54) is 11.8 Å². The van der Waals surface area contributed by atoms with Crippen molar-refractivity contribution in [2.75, 3.05) is 5.75 Å². The van der Waals surface area contributed by atoms with Gasteiger partial charge in [-0.1, -0.05) is 66.8 Å². The van der Waals surface area contributed by atoms with Gasteiger partial charge in [-0.15, -0.1) is 11.8 Å². The van der Waals surface area contributed by atoms with Crippen molar-refractivity contribution in [3.8, 4) is 0 Å². The first-order valence-corrected chi connectivity index (χ1v) is 12.9. The first-order chi connectivity index (χ1) is 15.2. The standard InChI is InChI=1S/C24H29Cl3N2O2S/c1-4-16(3)28-24(31)22(5-2)29(13-18-9-10-20(26)12-21(18)27)23(30)15-32-14-17-7-6-8-19(25)11-17/h6-12,16,22H,4-5,13-15H2,1-3H3,(H,28,31)/t16-,22+/m0/s1. The fraction of sp³-hybridized carbons (Fsp3) is 0.417. The average Bonchev–Trinajstić information content (AvgIpc) is 2.74. The molecule has 0 aliphatic heterocycles. The molecule has 0 unspecified atom stereocenters. The Morgan fingerprint density at radius 2 is 1.75 bits per heavy atom. The summed E-state index contributed by atoms with van der Waals surface area (Å²) in [5.74, 6) is 0.622. The zero-order valence-electron chi connectivity index (χ0n) is 18.5. The van der Waals surface area contributed by atoms with Crippen LogP contribution in [0.3, 0.4) is 0 Å². The molecule has 0 radical (unpaired) electrons. The van der Waals surface area contributed by atoms with E-state index in [1.807, 2.05) is 45.0 Å². The summed E-state index contributed by atoms with van der Waals surface area (Å²) in [6.45, 7) is 6.10. The molecule has 0 heterocycles. The number of nitrogens with one attached hydrogen (secondary N) is 1. The van der Waals surface area contributed by atoms with Crippen LogP contribution in [-0.2, 0) is 21.9 Å². The van der Waals surface area contributed by atoms with E-state index >= 15 is 0 Å². The molecule has 0 aromatic heterocycles. The fourth-order valence-corrected chi connectivity index (χ4v) is 4.70. The molecule has 0 saturated carbocycles. The Hall–Kier alpha value is -1.40. The third-order valence-corrected chi connectivity index (χ3v) is 6.94. The molecule has 2 atom stereocenters. The Kier molecular flexibility index (Phi) is 11.2. The second-order valence-electron chi connectivity index (χ2n) is 7.62. The molecular formula is C24H29Cl3N2O2S. The Bertz CT molecular complexity index is 926. The summed E-state index contributed by atoms with van der Waals surface area (Å²) in [6, 6.07) is 12.2. The smallest absolute Gasteiger partial charge is 0.243 e. The minimum Gasteiger partial charge on any atom is -0.352 e. The van der Waals surface area contributed by atoms with E-state index in [4.69, 9.17) is 34.8 Å². The monoisotopic (exact) mass is 514 g/mol. The van der Waals surface area contributed by atoms with Crippen molar-refractivity contribution in [3.05, 3.63) is 68.7 Å². The highest BCUT2D eigenvalue weighted by molar-refractivity contribution is 7.99. The number of carbonyl (C=O) groups is 2. The maximum atomic E-state index is 13.3. The Labute approximate surface area is 210 Å². The minimum atomic E-state index is -0.588. The Morgan fingerprint density at radius 1 is 1.03 bits per heavy atom. The summed E-state index contributed by atoms with van der Waals surface area (Å²) in [4.78, 5) is 27.9. The van der Waals surface area contributed by atoms with Crippen LogP contribution < -0.4 is 5.32 Å². The summed E-state index contributed by atoms with van der Waals surface area (Å²) in [5, 5.41) is 4.67. The normalized spacial score (nSPS) is 12.8. The predicted octanol–water partition coefficient (Wildman–Crippen LogP) is 6.60. The molecule has 4 nitrogen and oxygen atoms in total. The zero-order chi connectivity index (χ0) is 23.7. The molecule has 2 rings (SSSR count). The lowest BCUT2D eigenvalue weighted by atomic mass is 10.1. The van der Waals surface area contributed by atoms with Crippen LogP contribution in [0.5, 0.6) is 0 Å². The van der Waals surface area contributed by atoms with E-state index in [-0.39, 0.29) is 30.2 Å². The van der Waals surface area contributed by atoms with Gasteiger partial charge < -0.3 is 10.2 Å². The van der Waals surface area contributed by atoms with Crippen molar-refractivity contribution in [3.63, 3.8) is 0 Å². The maximum Gasteiger partial charge on any atom is 0.243 e. The second kappa shape index (κ2) is 13.3. The van der Waals surface area contributed by atoms with Crippen LogP contribution in [0.25, 0.3) is 0 Å². The van der Waals surface area contributed by atoms with Crippen LogP contribution in [0, 0.1) is 0 Å². The van der Waals surface area contributed by atoms with Crippen molar-refractivity contribution in [1.82, 2.24) is 10.2 Å². The molecule has 2 aromatic rings. The number of amides is 2. The predicted molar refractivity (Wildman–Crippen MR) is 137 cm³/mol. The number of nitrogens with zero attached hydrogens (tertiary/aromatic N) is 1. The largest absolute Gasteiger partial charge is 0.352 e. The molecule has 0 aliphatic rings. The van der Waals surface area contributed by atoms with Crippen LogP contribution in [0.15, 0.2) is 42.5 Å². The third-order valence-electron chi connectivity index (χ3n) is 5.13. The van der Waals surface area contributed by atoms with Gasteiger partial charge >= 0.3 is 0 Å². The summed E-state index contributed by atoms with van der Waals surface area (Å²) < 4.78 is 0. The summed E-state index contributed by atoms with van der Waals surface area (Å²) in [6.07, 6.45) is 1.31. The molecule has 0 spiro atoms. The number of carbonyl (C=O) groups excluding carboxylic acids is 2. The van der Waals surface area contributed by atoms with Gasteiger partial charge in [0, 0.05) is 33.4 Å². The molecule has 0 saturated heterocycles. The molecule has 32 heavy (non-hydrogen) atoms. The van der Waals surface area contributed by atoms with Crippen LogP contribution >= 0.6 is 46.6 Å². The van der Waals surface area contributed by atoms with Gasteiger partial charge in [-0.05, 0) is 55.2 Å². The highest BCUT2D eigenvalue weighted by Crippen LogP contribution is 2.25. The summed E-state index contributed by atoms with van der Waals surface area (Å²) in [5.41, 5.74) is 1.79. The van der Waals surface area contributed by atoms with Crippen molar-refractivity contribution < 1.29 is 9.59 Å². The number of hydrogen-bond acceptors (Lipinski definition) is 3. The van der Waals surface area contributed by atoms with Gasteiger partial charge in [0.25, 0.3) is 0 Å². The van der Waals surface area contributed by atoms with Gasteiger partial charge in [0.1, 0.15) is 6.04 Å². The highest BCUT2D eigenvalue weighted by atomic mass is 35.5. The number of hydrogen-bond donors (Lipinski definition) is 1. The maximum absolute atomic E-state index is 13.3. The molecule has 0 fully saturated rings. The van der Waals surface area contributed by atoms with Crippen LogP contribution in [0.1, 0.15) is 44.7 Å². The van der Waals surface area contributed by atoms with Crippen molar-refractivity contribution in [1.29, 1.82) is 0 Å². The van der Waals surface area contributed by atoms with E-state index in [1.54, 1.807) is 23.1 Å². The lowest BCUT2D eigenvalue weighted by molar-refractivity contribution is -0.139. The molecule has 8 heteroatoms. The number of rotatable bonds is 11. The molecular weight excluding hydrogens is 487 g/mol. The van der Waals surface area contributed by atoms with E-state index in [9.17, 15) is 9.59 Å². The van der Waals surface area contributed by atoms with E-state index in [2.05, 4.69) is 5.32 Å². The number of thioether (sulfide) groups is 1. The zero-order valence-corrected chi connectivity index (χ0v) is 21.6. The van der Waals surface area contributed by atoms with Gasteiger partial charge in [0.05, 0.1) is 5.75 Å². The lowest BCUT2D eigenvalue weighted by Gasteiger charge is -2.31. The van der Waals surface area contributed by atoms with Crippen molar-refractivity contribution in [2.45, 2.75) is 58.0 Å². The van der Waals surface area contributed by atoms with Gasteiger partial charge in [-0.3, -0.25) is 9.59 Å². The Morgan fingerprint density at radius 3 is 2.38 bits per heavy atom. The SMILES string of the molecule is CC[C@H](C(=O)N[C@@H](C)CC)N(Cc1ccc(Cl)cc1Cl)C(=O)CSCc1cccc(Cl)c1. The highest BCUT2D eigenvalue weighted by Gasteiger charge is 2.29. The number of benzene rings is 2. The topological polar surface area (TPSA) is 49.4 Å². The van der Waals surface area contributed by atoms with Crippen LogP contribution in [-0.4, -0.2) is 34.6 Å². The van der Waals surface area contributed by atoms with E-state index < -0.39 is 6.04 Å². The van der Waals surface area contributed by atoms with Crippen LogP contribution in [0.4, 0.5) is 0 Å². The quantitative estimate of drug-likeness (QED) is 0.367. The first-order valence-electron chi connectivity index (χ1n) is 10.6. The second-order valence-corrected chi connectivity index (χ2v) is 9.89. The van der Waals surface area contributed by atoms with Crippen molar-refractivity contribution >= 4 is 58.4 Å². The van der Waals surface area contributed by atoms with Gasteiger partial charge in [-0.2, -0.15) is 0 Å². The van der Waals surface area contributed by atoms with E-state index in [0.29, 0.717) is 27.2 Å². The van der Waals surface area contributed by atoms with Gasteiger partial charge in [-0.25, -0.2) is 0 Å². The van der Waals surface area contributed by atoms with Gasteiger partial charge in [0.2, 0.25) is 11.8 Å². The summed E-state index contributed by atoms with van der Waals surface area (Å²) in [7, 11) is 0. The average molecular weight is 516 g/mol. The molecule has 2 amide bonds. The van der Waals surface area contributed by atoms with Crippen molar-refractivity contribution in [2.24, 2.45) is 0 Å². The first kappa shape index (κ1) is 26.8. The molecule has 0 aliphatic carbocycles. The van der Waals surface area contributed by atoms with Crippen LogP contribution in [0.2, 0.25) is 15.1 Å². The van der Waals surface area contributed by atoms with Gasteiger partial charge in [0.15, 0.2) is 0 Å². The molecule has 0 bridgehead atoms. The number of halogens is 3. The lowest BCUT2D eigenvalue weighted by Crippen LogP contribution is -2.51. The summed E-state index contributed by atoms with van der Waals surface area (Å²) >= 11 is 19.9. The molecule has 174 valence electrons. The minimum absolute atomic E-state index is 0.0322. The van der Waals surface area contributed by atoms with E-state index in [0.717, 1.165) is 17.5 Å². The molecule has 1 N–H and O–H groups in total. The third kappa shape index (κ3) is 8.18. The Balaban J connectivity index is 2.18. The fourth-order valence-electron chi connectivity index (χ4n) is 3.16. The molecule has 2 aromatic carbocycles.